The van der Waals surface area contributed by atoms with Crippen molar-refractivity contribution >= 4 is 17.8 Å². The van der Waals surface area contributed by atoms with Gasteiger partial charge in [-0.05, 0) is 25.3 Å². The number of allylic oxidation sites excluding steroid dienone is 3. The van der Waals surface area contributed by atoms with Gasteiger partial charge in [-0.3, -0.25) is 9.59 Å². The normalized spacial score (nSPS) is 20.1. The minimum atomic E-state index is -0.985. The Hall–Kier alpha value is -2.94. The number of hydrogen-bond donors (Lipinski definition) is 0. The van der Waals surface area contributed by atoms with E-state index in [0.29, 0.717) is 24.9 Å². The van der Waals surface area contributed by atoms with Crippen molar-refractivity contribution in [3.8, 4) is 0 Å². The monoisotopic (exact) mass is 359 g/mol. The Labute approximate surface area is 161 Å². The van der Waals surface area contributed by atoms with Gasteiger partial charge in [-0.1, -0.05) is 84.5 Å². The molecule has 1 amide bonds. The van der Waals surface area contributed by atoms with Gasteiger partial charge < -0.3 is 4.90 Å². The second-order valence-corrected chi connectivity index (χ2v) is 7.16. The maximum Gasteiger partial charge on any atom is 0.236 e. The molecule has 0 saturated carbocycles. The van der Waals surface area contributed by atoms with E-state index in [1.54, 1.807) is 11.9 Å². The zero-order chi connectivity index (χ0) is 19.3. The molecule has 3 rings (SSSR count). The Morgan fingerprint density at radius 3 is 2.41 bits per heavy atom. The molecule has 1 aliphatic heterocycles. The molecule has 1 heterocycles. The number of hydrogen-bond acceptors (Lipinski definition) is 2. The molecule has 1 aliphatic rings. The van der Waals surface area contributed by atoms with Crippen LogP contribution in [0.4, 0.5) is 0 Å². The van der Waals surface area contributed by atoms with Crippen LogP contribution in [0.3, 0.4) is 0 Å². The lowest BCUT2D eigenvalue weighted by atomic mass is 9.76. The highest BCUT2D eigenvalue weighted by molar-refractivity contribution is 6.15. The molecule has 1 saturated heterocycles. The van der Waals surface area contributed by atoms with E-state index in [0.717, 1.165) is 11.1 Å². The summed E-state index contributed by atoms with van der Waals surface area (Å²) in [6, 6.07) is 17.5. The molecule has 138 valence electrons. The fraction of sp³-hybridized carbons (Fsp3) is 0.250. The third-order valence-electron chi connectivity index (χ3n) is 5.18. The van der Waals surface area contributed by atoms with Gasteiger partial charge in [0.2, 0.25) is 5.91 Å². The van der Waals surface area contributed by atoms with E-state index >= 15 is 0 Å². The molecule has 0 N–H and O–H groups in total. The van der Waals surface area contributed by atoms with Crippen LogP contribution in [0.1, 0.15) is 34.3 Å². The summed E-state index contributed by atoms with van der Waals surface area (Å²) in [4.78, 5) is 27.7. The van der Waals surface area contributed by atoms with Crippen LogP contribution in [-0.2, 0) is 4.79 Å². The minimum Gasteiger partial charge on any atom is -0.345 e. The molecule has 0 spiro atoms. The number of ketones is 1. The molecule has 3 nitrogen and oxygen atoms in total. The van der Waals surface area contributed by atoms with Crippen LogP contribution in [0.15, 0.2) is 72.8 Å². The zero-order valence-corrected chi connectivity index (χ0v) is 15.9. The molecule has 0 radical (unpaired) electrons. The second-order valence-electron chi connectivity index (χ2n) is 7.16. The van der Waals surface area contributed by atoms with Crippen LogP contribution in [0.25, 0.3) is 6.08 Å². The number of benzene rings is 2. The second kappa shape index (κ2) is 8.17. The van der Waals surface area contributed by atoms with Gasteiger partial charge in [0.25, 0.3) is 0 Å². The lowest BCUT2D eigenvalue weighted by molar-refractivity contribution is -0.132. The van der Waals surface area contributed by atoms with Crippen LogP contribution in [0.2, 0.25) is 0 Å². The molecule has 0 aromatic heterocycles. The van der Waals surface area contributed by atoms with Crippen LogP contribution in [-0.4, -0.2) is 30.2 Å². The molecule has 2 aromatic rings. The van der Waals surface area contributed by atoms with Crippen molar-refractivity contribution in [2.45, 2.75) is 19.8 Å². The number of carbonyl (C=O) groups excluding carboxylic acids is 2. The van der Waals surface area contributed by atoms with E-state index in [1.165, 1.54) is 0 Å². The quantitative estimate of drug-likeness (QED) is 0.426. The SMILES string of the molecule is Cc1ccc(C(=O)[C@]2(C/C=C/C=C/c3ccccc3)CCN(C)C2=O)cc1. The summed E-state index contributed by atoms with van der Waals surface area (Å²) in [6.07, 6.45) is 8.78. The van der Waals surface area contributed by atoms with E-state index < -0.39 is 5.41 Å². The Kier molecular flexibility index (Phi) is 5.70. The van der Waals surface area contributed by atoms with Crippen molar-refractivity contribution in [3.63, 3.8) is 0 Å². The fourth-order valence-electron chi connectivity index (χ4n) is 3.48. The van der Waals surface area contributed by atoms with Gasteiger partial charge in [0, 0.05) is 19.2 Å². The molecular formula is C24H25NO2. The predicted molar refractivity (Wildman–Crippen MR) is 109 cm³/mol. The molecule has 2 aromatic carbocycles. The van der Waals surface area contributed by atoms with E-state index in [9.17, 15) is 9.59 Å². The Balaban J connectivity index is 1.78. The predicted octanol–water partition coefficient (Wildman–Crippen LogP) is 4.69. The fourth-order valence-corrected chi connectivity index (χ4v) is 3.48. The summed E-state index contributed by atoms with van der Waals surface area (Å²) in [5, 5.41) is 0. The first-order chi connectivity index (χ1) is 13.0. The lowest BCUT2D eigenvalue weighted by Crippen LogP contribution is -2.39. The zero-order valence-electron chi connectivity index (χ0n) is 15.9. The molecule has 0 unspecified atom stereocenters. The topological polar surface area (TPSA) is 37.4 Å². The molecule has 27 heavy (non-hydrogen) atoms. The number of aryl methyl sites for hydroxylation is 1. The highest BCUT2D eigenvalue weighted by Crippen LogP contribution is 2.38. The smallest absolute Gasteiger partial charge is 0.236 e. The van der Waals surface area contributed by atoms with Gasteiger partial charge in [0.1, 0.15) is 5.41 Å². The van der Waals surface area contributed by atoms with Crippen molar-refractivity contribution in [2.75, 3.05) is 13.6 Å². The van der Waals surface area contributed by atoms with Gasteiger partial charge in [0.05, 0.1) is 0 Å². The first-order valence-corrected chi connectivity index (χ1v) is 9.28. The number of rotatable bonds is 6. The van der Waals surface area contributed by atoms with Crippen LogP contribution in [0, 0.1) is 12.3 Å². The number of amides is 1. The Morgan fingerprint density at radius 1 is 1.07 bits per heavy atom. The van der Waals surface area contributed by atoms with Crippen LogP contribution >= 0.6 is 0 Å². The molecule has 3 heteroatoms. The van der Waals surface area contributed by atoms with Gasteiger partial charge in [-0.2, -0.15) is 0 Å². The van der Waals surface area contributed by atoms with E-state index in [2.05, 4.69) is 0 Å². The van der Waals surface area contributed by atoms with Gasteiger partial charge in [-0.25, -0.2) is 0 Å². The summed E-state index contributed by atoms with van der Waals surface area (Å²) < 4.78 is 0. The molecule has 0 bridgehead atoms. The Bertz CT molecular complexity index is 865. The summed E-state index contributed by atoms with van der Waals surface area (Å²) in [5.41, 5.74) is 1.84. The first kappa shape index (κ1) is 18.8. The van der Waals surface area contributed by atoms with E-state index in [1.807, 2.05) is 85.8 Å². The van der Waals surface area contributed by atoms with Gasteiger partial charge in [0.15, 0.2) is 5.78 Å². The summed E-state index contributed by atoms with van der Waals surface area (Å²) in [7, 11) is 1.77. The standard InChI is InChI=1S/C24H25NO2/c1-19-12-14-21(15-13-19)22(26)24(17-18-25(2)23(24)27)16-8-4-7-11-20-9-5-3-6-10-20/h3-15H,16-18H2,1-2H3/b8-4+,11-7+/t24-/m0/s1. The summed E-state index contributed by atoms with van der Waals surface area (Å²) >= 11 is 0. The third kappa shape index (κ3) is 4.08. The summed E-state index contributed by atoms with van der Waals surface area (Å²) in [6.45, 7) is 2.60. The van der Waals surface area contributed by atoms with Crippen molar-refractivity contribution in [2.24, 2.45) is 5.41 Å². The number of carbonyl (C=O) groups is 2. The number of likely N-dealkylation sites (tertiary alicyclic amines) is 1. The molecule has 1 fully saturated rings. The lowest BCUT2D eigenvalue weighted by Gasteiger charge is -2.24. The van der Waals surface area contributed by atoms with Crippen molar-refractivity contribution in [1.29, 1.82) is 0 Å². The molecule has 1 atom stereocenters. The van der Waals surface area contributed by atoms with Crippen LogP contribution in [0.5, 0.6) is 0 Å². The highest BCUT2D eigenvalue weighted by atomic mass is 16.2. The number of nitrogens with zero attached hydrogens (tertiary/aromatic N) is 1. The average molecular weight is 359 g/mol. The van der Waals surface area contributed by atoms with Gasteiger partial charge >= 0.3 is 0 Å². The maximum absolute atomic E-state index is 13.2. The molecular weight excluding hydrogens is 334 g/mol. The first-order valence-electron chi connectivity index (χ1n) is 9.28. The van der Waals surface area contributed by atoms with Crippen molar-refractivity contribution in [1.82, 2.24) is 4.90 Å². The van der Waals surface area contributed by atoms with Crippen LogP contribution < -0.4 is 0 Å². The maximum atomic E-state index is 13.2. The highest BCUT2D eigenvalue weighted by Gasteiger charge is 2.50. The average Bonchev–Trinajstić information content (AvgIpc) is 2.98. The van der Waals surface area contributed by atoms with Gasteiger partial charge in [-0.15, -0.1) is 0 Å². The summed E-state index contributed by atoms with van der Waals surface area (Å²) in [5.74, 6) is -0.154. The third-order valence-corrected chi connectivity index (χ3v) is 5.18. The van der Waals surface area contributed by atoms with Crippen molar-refractivity contribution in [3.05, 3.63) is 89.5 Å². The van der Waals surface area contributed by atoms with E-state index in [4.69, 9.17) is 0 Å². The largest absolute Gasteiger partial charge is 0.345 e. The van der Waals surface area contributed by atoms with E-state index in [-0.39, 0.29) is 11.7 Å². The Morgan fingerprint density at radius 2 is 1.78 bits per heavy atom. The molecule has 0 aliphatic carbocycles. The van der Waals surface area contributed by atoms with Crippen molar-refractivity contribution < 1.29 is 9.59 Å². The minimum absolute atomic E-state index is 0.0754. The number of Topliss-reactive ketones (excluding diaryl/α,β-unsaturated/α-hetero) is 1.